The lowest BCUT2D eigenvalue weighted by Crippen LogP contribution is -2.37. The minimum atomic E-state index is -3.42. The molecule has 9 heteroatoms. The lowest BCUT2D eigenvalue weighted by molar-refractivity contribution is 0.0955. The van der Waals surface area contributed by atoms with Gasteiger partial charge in [0.15, 0.2) is 11.5 Å². The molecule has 0 spiro atoms. The first-order valence-corrected chi connectivity index (χ1v) is 10.3. The van der Waals surface area contributed by atoms with E-state index in [2.05, 4.69) is 5.32 Å². The van der Waals surface area contributed by atoms with Gasteiger partial charge in [0.05, 0.1) is 11.1 Å². The van der Waals surface area contributed by atoms with Gasteiger partial charge in [0.25, 0.3) is 5.91 Å². The molecule has 0 unspecified atom stereocenters. The molecule has 25 heavy (non-hydrogen) atoms. The quantitative estimate of drug-likeness (QED) is 0.787. The second-order valence-corrected chi connectivity index (χ2v) is 8.45. The summed E-state index contributed by atoms with van der Waals surface area (Å²) in [7, 11) is -3.42. The molecule has 134 valence electrons. The monoisotopic (exact) mass is 382 g/mol. The number of carbonyl (C=O) groups excluding carboxylic acids is 1. The fraction of sp³-hybridized carbons (Fsp3) is 0.312. The molecule has 1 aromatic heterocycles. The lowest BCUT2D eigenvalue weighted by atomic mass is 10.2. The minimum absolute atomic E-state index is 0.170. The Bertz CT molecular complexity index is 849. The van der Waals surface area contributed by atoms with Crippen LogP contribution < -0.4 is 14.8 Å². The number of nitrogens with one attached hydrogen (secondary N) is 1. The van der Waals surface area contributed by atoms with E-state index in [1.165, 1.54) is 15.6 Å². The number of carbonyl (C=O) groups is 1. The van der Waals surface area contributed by atoms with E-state index in [9.17, 15) is 13.2 Å². The predicted octanol–water partition coefficient (Wildman–Crippen LogP) is 1.67. The highest BCUT2D eigenvalue weighted by Crippen LogP contribution is 2.32. The number of rotatable bonds is 7. The Morgan fingerprint density at radius 1 is 1.28 bits per heavy atom. The van der Waals surface area contributed by atoms with Crippen molar-refractivity contribution in [3.8, 4) is 11.5 Å². The Morgan fingerprint density at radius 2 is 2.08 bits per heavy atom. The van der Waals surface area contributed by atoms with Gasteiger partial charge < -0.3 is 14.8 Å². The van der Waals surface area contributed by atoms with Crippen LogP contribution in [0.4, 0.5) is 0 Å². The molecular formula is C16H18N2O5S2. The molecule has 0 bridgehead atoms. The van der Waals surface area contributed by atoms with Crippen LogP contribution in [0.15, 0.2) is 35.7 Å². The smallest absolute Gasteiger partial charge is 0.261 e. The van der Waals surface area contributed by atoms with Gasteiger partial charge in [-0.05, 0) is 29.1 Å². The third-order valence-corrected chi connectivity index (χ3v) is 5.77. The fourth-order valence-corrected chi connectivity index (χ4v) is 3.84. The van der Waals surface area contributed by atoms with Crippen molar-refractivity contribution in [2.24, 2.45) is 0 Å². The molecule has 0 saturated heterocycles. The number of nitrogens with zero attached hydrogens (tertiary/aromatic N) is 1. The van der Waals surface area contributed by atoms with E-state index in [-0.39, 0.29) is 32.3 Å². The van der Waals surface area contributed by atoms with E-state index in [0.29, 0.717) is 16.4 Å². The fourth-order valence-electron chi connectivity index (χ4n) is 2.39. The first-order valence-electron chi connectivity index (χ1n) is 7.59. The van der Waals surface area contributed by atoms with Gasteiger partial charge in [-0.15, -0.1) is 11.3 Å². The third-order valence-electron chi connectivity index (χ3n) is 3.66. The highest BCUT2D eigenvalue weighted by atomic mass is 32.2. The summed E-state index contributed by atoms with van der Waals surface area (Å²) < 4.78 is 36.0. The SMILES string of the molecule is CS(=O)(=O)N(CCNC(=O)c1cccs1)Cc1ccc2c(c1)OCO2. The van der Waals surface area contributed by atoms with Crippen LogP contribution >= 0.6 is 11.3 Å². The number of hydrogen-bond acceptors (Lipinski definition) is 6. The van der Waals surface area contributed by atoms with Crippen LogP contribution in [0, 0.1) is 0 Å². The lowest BCUT2D eigenvalue weighted by Gasteiger charge is -2.20. The van der Waals surface area contributed by atoms with Crippen molar-refractivity contribution in [3.05, 3.63) is 46.2 Å². The molecule has 1 aliphatic heterocycles. The van der Waals surface area contributed by atoms with E-state index in [1.54, 1.807) is 30.3 Å². The normalized spacial score (nSPS) is 13.2. The Labute approximate surface area is 150 Å². The van der Waals surface area contributed by atoms with E-state index in [1.807, 2.05) is 5.38 Å². The van der Waals surface area contributed by atoms with Gasteiger partial charge in [0, 0.05) is 19.6 Å². The van der Waals surface area contributed by atoms with Crippen LogP contribution in [0.5, 0.6) is 11.5 Å². The predicted molar refractivity (Wildman–Crippen MR) is 94.5 cm³/mol. The standard InChI is InChI=1S/C16H18N2O5S2/c1-25(20,21)18(7-6-17-16(19)15-3-2-8-24-15)10-12-4-5-13-14(9-12)23-11-22-13/h2-5,8-9H,6-7,10-11H2,1H3,(H,17,19). The minimum Gasteiger partial charge on any atom is -0.454 e. The molecule has 7 nitrogen and oxygen atoms in total. The summed E-state index contributed by atoms with van der Waals surface area (Å²) in [5, 5.41) is 4.55. The van der Waals surface area contributed by atoms with Crippen molar-refractivity contribution >= 4 is 27.3 Å². The van der Waals surface area contributed by atoms with Crippen molar-refractivity contribution < 1.29 is 22.7 Å². The third kappa shape index (κ3) is 4.50. The highest BCUT2D eigenvalue weighted by molar-refractivity contribution is 7.88. The molecule has 0 aliphatic carbocycles. The molecule has 0 atom stereocenters. The first-order chi connectivity index (χ1) is 11.9. The maximum Gasteiger partial charge on any atom is 0.261 e. The van der Waals surface area contributed by atoms with Crippen molar-refractivity contribution in [1.82, 2.24) is 9.62 Å². The Balaban J connectivity index is 1.61. The number of fused-ring (bicyclic) bond motifs is 1. The molecule has 2 aromatic rings. The van der Waals surface area contributed by atoms with Gasteiger partial charge >= 0.3 is 0 Å². The highest BCUT2D eigenvalue weighted by Gasteiger charge is 2.20. The molecule has 1 aromatic carbocycles. The van der Waals surface area contributed by atoms with Gasteiger partial charge in [-0.3, -0.25) is 4.79 Å². The van der Waals surface area contributed by atoms with Crippen molar-refractivity contribution in [2.75, 3.05) is 26.1 Å². The molecule has 1 aliphatic rings. The van der Waals surface area contributed by atoms with E-state index in [4.69, 9.17) is 9.47 Å². The zero-order valence-electron chi connectivity index (χ0n) is 13.6. The topological polar surface area (TPSA) is 84.9 Å². The van der Waals surface area contributed by atoms with Crippen LogP contribution in [0.2, 0.25) is 0 Å². The summed E-state index contributed by atoms with van der Waals surface area (Å²) in [5.74, 6) is 1.06. The van der Waals surface area contributed by atoms with Gasteiger partial charge in [0.2, 0.25) is 16.8 Å². The summed E-state index contributed by atoms with van der Waals surface area (Å²) in [6.45, 7) is 0.784. The number of amides is 1. The summed E-state index contributed by atoms with van der Waals surface area (Å²) >= 11 is 1.34. The van der Waals surface area contributed by atoms with Crippen molar-refractivity contribution in [1.29, 1.82) is 0 Å². The summed E-state index contributed by atoms with van der Waals surface area (Å²) in [6.07, 6.45) is 1.15. The maximum absolute atomic E-state index is 12.0. The molecule has 0 fully saturated rings. The Kier molecular flexibility index (Phi) is 5.26. The van der Waals surface area contributed by atoms with E-state index >= 15 is 0 Å². The molecule has 0 radical (unpaired) electrons. The summed E-state index contributed by atoms with van der Waals surface area (Å²) in [6, 6.07) is 8.85. The van der Waals surface area contributed by atoms with Crippen molar-refractivity contribution in [3.63, 3.8) is 0 Å². The number of hydrogen-bond donors (Lipinski definition) is 1. The number of thiophene rings is 1. The van der Waals surface area contributed by atoms with Crippen molar-refractivity contribution in [2.45, 2.75) is 6.54 Å². The van der Waals surface area contributed by atoms with Crippen LogP contribution in [-0.4, -0.2) is 44.8 Å². The molecule has 1 N–H and O–H groups in total. The van der Waals surface area contributed by atoms with Gasteiger partial charge in [-0.2, -0.15) is 4.31 Å². The van der Waals surface area contributed by atoms with E-state index in [0.717, 1.165) is 11.8 Å². The van der Waals surface area contributed by atoms with Gasteiger partial charge in [0.1, 0.15) is 0 Å². The molecule has 0 saturated carbocycles. The Hall–Kier alpha value is -2.10. The Morgan fingerprint density at radius 3 is 2.80 bits per heavy atom. The van der Waals surface area contributed by atoms with E-state index < -0.39 is 10.0 Å². The molecule has 1 amide bonds. The first kappa shape index (κ1) is 17.7. The number of sulfonamides is 1. The van der Waals surface area contributed by atoms with Gasteiger partial charge in [-0.1, -0.05) is 12.1 Å². The van der Waals surface area contributed by atoms with Crippen LogP contribution in [0.25, 0.3) is 0 Å². The second kappa shape index (κ2) is 7.42. The summed E-state index contributed by atoms with van der Waals surface area (Å²) in [5.41, 5.74) is 0.791. The zero-order chi connectivity index (χ0) is 17.9. The van der Waals surface area contributed by atoms with Crippen LogP contribution in [-0.2, 0) is 16.6 Å². The number of benzene rings is 1. The number of ether oxygens (including phenoxy) is 2. The maximum atomic E-state index is 12.0. The van der Waals surface area contributed by atoms with Gasteiger partial charge in [-0.25, -0.2) is 8.42 Å². The van der Waals surface area contributed by atoms with Crippen LogP contribution in [0.3, 0.4) is 0 Å². The van der Waals surface area contributed by atoms with Crippen LogP contribution in [0.1, 0.15) is 15.2 Å². The molecule has 3 rings (SSSR count). The largest absolute Gasteiger partial charge is 0.454 e. The molecular weight excluding hydrogens is 364 g/mol. The zero-order valence-corrected chi connectivity index (χ0v) is 15.2. The average molecular weight is 382 g/mol. The molecule has 2 heterocycles. The summed E-state index contributed by atoms with van der Waals surface area (Å²) in [4.78, 5) is 12.5. The second-order valence-electron chi connectivity index (χ2n) is 5.52. The average Bonchev–Trinajstić information content (AvgIpc) is 3.23.